The topological polar surface area (TPSA) is 26.0 Å². The van der Waals surface area contributed by atoms with Crippen molar-refractivity contribution in [1.82, 2.24) is 0 Å². The molecule has 0 saturated heterocycles. The molecule has 0 amide bonds. The van der Waals surface area contributed by atoms with Crippen molar-refractivity contribution >= 4 is 0 Å². The monoisotopic (exact) mass is 203 g/mol. The number of rotatable bonds is 3. The number of hydrogen-bond acceptors (Lipinski definition) is 1. The summed E-state index contributed by atoms with van der Waals surface area (Å²) in [7, 11) is 0. The Kier molecular flexibility index (Phi) is 3.52. The second-order valence-electron chi connectivity index (χ2n) is 3.19. The van der Waals surface area contributed by atoms with Crippen LogP contribution in [-0.2, 0) is 0 Å². The third-order valence-corrected chi connectivity index (χ3v) is 2.00. The predicted molar refractivity (Wildman–Crippen MR) is 48.9 cm³/mol. The van der Waals surface area contributed by atoms with Crippen molar-refractivity contribution in [2.24, 2.45) is 5.73 Å². The third-order valence-electron chi connectivity index (χ3n) is 2.00. The number of halogens is 3. The minimum absolute atomic E-state index is 0.00981. The lowest BCUT2D eigenvalue weighted by Gasteiger charge is -2.09. The van der Waals surface area contributed by atoms with Crippen molar-refractivity contribution in [3.05, 3.63) is 35.4 Å². The van der Waals surface area contributed by atoms with E-state index in [-0.39, 0.29) is 11.6 Å². The van der Waals surface area contributed by atoms with Gasteiger partial charge in [-0.2, -0.15) is 0 Å². The molecule has 2 atom stereocenters. The zero-order chi connectivity index (χ0) is 10.7. The average molecular weight is 203 g/mol. The molecule has 0 fully saturated rings. The molecule has 1 aromatic carbocycles. The van der Waals surface area contributed by atoms with Gasteiger partial charge in [-0.25, -0.2) is 13.2 Å². The molecule has 14 heavy (non-hydrogen) atoms. The lowest BCUT2D eigenvalue weighted by atomic mass is 10.0. The maximum Gasteiger partial charge on any atom is 0.273 e. The van der Waals surface area contributed by atoms with Gasteiger partial charge in [0.05, 0.1) is 0 Å². The van der Waals surface area contributed by atoms with Gasteiger partial charge in [-0.15, -0.1) is 0 Å². The molecule has 0 spiro atoms. The highest BCUT2D eigenvalue weighted by Crippen LogP contribution is 2.25. The fourth-order valence-corrected chi connectivity index (χ4v) is 1.13. The van der Waals surface area contributed by atoms with E-state index < -0.39 is 12.6 Å². The van der Waals surface area contributed by atoms with Crippen LogP contribution in [0, 0.1) is 0 Å². The Balaban J connectivity index is 2.83. The number of hydrogen-bond donors (Lipinski definition) is 1. The number of nitrogens with two attached hydrogens (primary N) is 1. The Hall–Kier alpha value is -1.03. The fraction of sp³-hybridized carbons (Fsp3) is 0.400. The van der Waals surface area contributed by atoms with Crippen LogP contribution in [0.1, 0.15) is 30.3 Å². The van der Waals surface area contributed by atoms with Crippen LogP contribution in [0.4, 0.5) is 13.2 Å². The van der Waals surface area contributed by atoms with Crippen LogP contribution in [0.25, 0.3) is 0 Å². The zero-order valence-corrected chi connectivity index (χ0v) is 7.75. The first kappa shape index (κ1) is 11.0. The highest BCUT2D eigenvalue weighted by Gasteiger charge is 2.20. The van der Waals surface area contributed by atoms with Crippen LogP contribution in [0.3, 0.4) is 0 Å². The van der Waals surface area contributed by atoms with Crippen LogP contribution >= 0.6 is 0 Å². The summed E-state index contributed by atoms with van der Waals surface area (Å²) in [5.41, 5.74) is 6.35. The van der Waals surface area contributed by atoms with Gasteiger partial charge >= 0.3 is 0 Å². The van der Waals surface area contributed by atoms with Crippen LogP contribution in [0.15, 0.2) is 24.3 Å². The summed E-state index contributed by atoms with van der Waals surface area (Å²) in [4.78, 5) is 0. The van der Waals surface area contributed by atoms with Gasteiger partial charge in [-0.05, 0) is 18.1 Å². The Morgan fingerprint density at radius 3 is 1.79 bits per heavy atom. The van der Waals surface area contributed by atoms with Crippen molar-refractivity contribution in [3.8, 4) is 0 Å². The third kappa shape index (κ3) is 2.48. The predicted octanol–water partition coefficient (Wildman–Crippen LogP) is 2.98. The molecule has 2 unspecified atom stereocenters. The average Bonchev–Trinajstić information content (AvgIpc) is 2.16. The van der Waals surface area contributed by atoms with E-state index in [2.05, 4.69) is 0 Å². The van der Waals surface area contributed by atoms with Crippen molar-refractivity contribution in [1.29, 1.82) is 0 Å². The van der Waals surface area contributed by atoms with Gasteiger partial charge < -0.3 is 5.73 Å². The number of alkyl halides is 3. The Morgan fingerprint density at radius 1 is 1.00 bits per heavy atom. The zero-order valence-electron chi connectivity index (χ0n) is 7.75. The first-order valence-electron chi connectivity index (χ1n) is 4.30. The first-order valence-corrected chi connectivity index (χ1v) is 4.30. The molecular formula is C10H12F3N. The summed E-state index contributed by atoms with van der Waals surface area (Å²) in [5.74, 6) is 0. The summed E-state index contributed by atoms with van der Waals surface area (Å²) in [6, 6.07) is 5.64. The van der Waals surface area contributed by atoms with Crippen molar-refractivity contribution in [3.63, 3.8) is 0 Å². The molecule has 0 aliphatic heterocycles. The van der Waals surface area contributed by atoms with Gasteiger partial charge in [0.1, 0.15) is 0 Å². The van der Waals surface area contributed by atoms with E-state index in [4.69, 9.17) is 5.73 Å². The minimum atomic E-state index is -2.98. The maximum atomic E-state index is 12.8. The van der Waals surface area contributed by atoms with E-state index in [0.29, 0.717) is 0 Å². The van der Waals surface area contributed by atoms with E-state index in [9.17, 15) is 13.2 Å². The molecule has 1 aromatic rings. The lowest BCUT2D eigenvalue weighted by molar-refractivity contribution is 0.0495. The van der Waals surface area contributed by atoms with Crippen LogP contribution in [-0.4, -0.2) is 6.43 Å². The second-order valence-corrected chi connectivity index (χ2v) is 3.19. The SMILES string of the molecule is CC(N)c1ccc(C(F)C(F)F)cc1. The summed E-state index contributed by atoms with van der Waals surface area (Å²) < 4.78 is 36.8. The Morgan fingerprint density at radius 2 is 1.43 bits per heavy atom. The summed E-state index contributed by atoms with van der Waals surface area (Å²) in [6.45, 7) is 1.77. The first-order chi connectivity index (χ1) is 6.52. The largest absolute Gasteiger partial charge is 0.324 e. The van der Waals surface area contributed by atoms with Gasteiger partial charge in [0.25, 0.3) is 6.43 Å². The molecule has 0 aliphatic carbocycles. The Bertz CT molecular complexity index is 282. The van der Waals surface area contributed by atoms with Crippen LogP contribution in [0.5, 0.6) is 0 Å². The Labute approximate surface area is 80.7 Å². The fourth-order valence-electron chi connectivity index (χ4n) is 1.13. The molecule has 1 nitrogen and oxygen atoms in total. The van der Waals surface area contributed by atoms with Gasteiger partial charge in [0.2, 0.25) is 0 Å². The standard InChI is InChI=1S/C10H12F3N/c1-6(14)7-2-4-8(5-3-7)9(11)10(12)13/h2-6,9-10H,14H2,1H3. The summed E-state index contributed by atoms with van der Waals surface area (Å²) >= 11 is 0. The molecule has 2 N–H and O–H groups in total. The molecule has 0 bridgehead atoms. The molecular weight excluding hydrogens is 191 g/mol. The van der Waals surface area contributed by atoms with Crippen LogP contribution < -0.4 is 5.73 Å². The van der Waals surface area contributed by atoms with E-state index >= 15 is 0 Å². The van der Waals surface area contributed by atoms with Gasteiger partial charge in [0.15, 0.2) is 6.17 Å². The molecule has 0 aliphatic rings. The molecule has 0 aromatic heterocycles. The van der Waals surface area contributed by atoms with Crippen molar-refractivity contribution in [2.45, 2.75) is 25.6 Å². The molecule has 4 heteroatoms. The van der Waals surface area contributed by atoms with E-state index in [0.717, 1.165) is 5.56 Å². The lowest BCUT2D eigenvalue weighted by Crippen LogP contribution is -2.06. The molecule has 0 heterocycles. The normalized spacial score (nSPS) is 15.6. The van der Waals surface area contributed by atoms with Crippen molar-refractivity contribution in [2.75, 3.05) is 0 Å². The number of benzene rings is 1. The smallest absolute Gasteiger partial charge is 0.273 e. The highest BCUT2D eigenvalue weighted by molar-refractivity contribution is 5.26. The van der Waals surface area contributed by atoms with Gasteiger partial charge in [-0.1, -0.05) is 24.3 Å². The molecule has 1 rings (SSSR count). The van der Waals surface area contributed by atoms with Crippen LogP contribution in [0.2, 0.25) is 0 Å². The van der Waals surface area contributed by atoms with E-state index in [1.807, 2.05) is 0 Å². The quantitative estimate of drug-likeness (QED) is 0.802. The van der Waals surface area contributed by atoms with Gasteiger partial charge in [-0.3, -0.25) is 0 Å². The van der Waals surface area contributed by atoms with Gasteiger partial charge in [0, 0.05) is 6.04 Å². The highest BCUT2D eigenvalue weighted by atomic mass is 19.3. The second kappa shape index (κ2) is 4.46. The minimum Gasteiger partial charge on any atom is -0.324 e. The maximum absolute atomic E-state index is 12.8. The summed E-state index contributed by atoms with van der Waals surface area (Å²) in [6.07, 6.45) is -5.19. The van der Waals surface area contributed by atoms with E-state index in [1.54, 1.807) is 19.1 Å². The molecule has 78 valence electrons. The van der Waals surface area contributed by atoms with Crippen molar-refractivity contribution < 1.29 is 13.2 Å². The molecule has 0 saturated carbocycles. The van der Waals surface area contributed by atoms with E-state index in [1.165, 1.54) is 12.1 Å². The molecule has 0 radical (unpaired) electrons. The summed E-state index contributed by atoms with van der Waals surface area (Å²) in [5, 5.41) is 0.